The summed E-state index contributed by atoms with van der Waals surface area (Å²) in [4.78, 5) is 23.6. The standard InChI is InChI=1S/C15H10Cl2FNO3/c1-22-15(21)8-2-5-11(16)13(6-8)19-14(20)10-4-3-9(18)7-12(10)17/h2-7H,1H3,(H,19,20). The molecule has 1 amide bonds. The molecule has 2 aromatic rings. The lowest BCUT2D eigenvalue weighted by Crippen LogP contribution is -2.13. The van der Waals surface area contributed by atoms with Gasteiger partial charge in [-0.2, -0.15) is 0 Å². The number of hydrogen-bond donors (Lipinski definition) is 1. The predicted molar refractivity (Wildman–Crippen MR) is 82.2 cm³/mol. The second kappa shape index (κ2) is 6.77. The van der Waals surface area contributed by atoms with Crippen LogP contribution in [0.25, 0.3) is 0 Å². The third-order valence-electron chi connectivity index (χ3n) is 2.81. The average Bonchev–Trinajstić information content (AvgIpc) is 2.48. The van der Waals surface area contributed by atoms with Crippen LogP contribution in [0, 0.1) is 5.82 Å². The number of esters is 1. The van der Waals surface area contributed by atoms with Gasteiger partial charge in [0.2, 0.25) is 0 Å². The van der Waals surface area contributed by atoms with Gasteiger partial charge in [-0.05, 0) is 36.4 Å². The Morgan fingerprint density at radius 3 is 2.45 bits per heavy atom. The first-order valence-corrected chi connectivity index (χ1v) is 6.82. The monoisotopic (exact) mass is 341 g/mol. The van der Waals surface area contributed by atoms with Crippen LogP contribution in [0.1, 0.15) is 20.7 Å². The van der Waals surface area contributed by atoms with Crippen LogP contribution >= 0.6 is 23.2 Å². The number of amides is 1. The van der Waals surface area contributed by atoms with E-state index >= 15 is 0 Å². The minimum atomic E-state index is -0.575. The Morgan fingerprint density at radius 2 is 1.82 bits per heavy atom. The van der Waals surface area contributed by atoms with E-state index in [1.165, 1.54) is 31.4 Å². The number of rotatable bonds is 3. The molecule has 0 spiro atoms. The summed E-state index contributed by atoms with van der Waals surface area (Å²) in [5, 5.41) is 2.73. The number of carbonyl (C=O) groups excluding carboxylic acids is 2. The summed E-state index contributed by atoms with van der Waals surface area (Å²) in [6.45, 7) is 0. The van der Waals surface area contributed by atoms with E-state index in [4.69, 9.17) is 23.2 Å². The van der Waals surface area contributed by atoms with Crippen LogP contribution in [0.4, 0.5) is 10.1 Å². The molecule has 0 saturated carbocycles. The number of carbonyl (C=O) groups is 2. The van der Waals surface area contributed by atoms with Crippen molar-refractivity contribution in [2.45, 2.75) is 0 Å². The largest absolute Gasteiger partial charge is 0.465 e. The van der Waals surface area contributed by atoms with Crippen LogP contribution in [0.2, 0.25) is 10.0 Å². The molecule has 4 nitrogen and oxygen atoms in total. The van der Waals surface area contributed by atoms with Crippen LogP contribution in [-0.2, 0) is 4.74 Å². The van der Waals surface area contributed by atoms with Gasteiger partial charge in [-0.25, -0.2) is 9.18 Å². The van der Waals surface area contributed by atoms with E-state index in [1.54, 1.807) is 0 Å². The Morgan fingerprint density at radius 1 is 1.09 bits per heavy atom. The molecule has 0 aliphatic carbocycles. The maximum Gasteiger partial charge on any atom is 0.337 e. The lowest BCUT2D eigenvalue weighted by molar-refractivity contribution is 0.0600. The van der Waals surface area contributed by atoms with Gasteiger partial charge in [0.1, 0.15) is 5.82 Å². The highest BCUT2D eigenvalue weighted by Crippen LogP contribution is 2.25. The third-order valence-corrected chi connectivity index (χ3v) is 3.45. The van der Waals surface area contributed by atoms with Crippen LogP contribution in [0.3, 0.4) is 0 Å². The Bertz CT molecular complexity index is 750. The Hall–Kier alpha value is -2.11. The SMILES string of the molecule is COC(=O)c1ccc(Cl)c(NC(=O)c2ccc(F)cc2Cl)c1. The van der Waals surface area contributed by atoms with Crippen LogP contribution < -0.4 is 5.32 Å². The molecule has 7 heteroatoms. The molecular weight excluding hydrogens is 332 g/mol. The van der Waals surface area contributed by atoms with Crippen molar-refractivity contribution in [3.63, 3.8) is 0 Å². The molecule has 1 N–H and O–H groups in total. The van der Waals surface area contributed by atoms with Crippen LogP contribution in [0.5, 0.6) is 0 Å². The number of halogens is 3. The van der Waals surface area contributed by atoms with E-state index in [1.807, 2.05) is 0 Å². The second-order valence-electron chi connectivity index (χ2n) is 4.26. The summed E-state index contributed by atoms with van der Waals surface area (Å²) in [5.41, 5.74) is 0.532. The molecule has 0 heterocycles. The lowest BCUT2D eigenvalue weighted by Gasteiger charge is -2.10. The molecule has 114 valence electrons. The number of ether oxygens (including phenoxy) is 1. The fourth-order valence-corrected chi connectivity index (χ4v) is 2.15. The van der Waals surface area contributed by atoms with Crippen molar-refractivity contribution < 1.29 is 18.7 Å². The molecule has 0 radical (unpaired) electrons. The van der Waals surface area contributed by atoms with Crippen molar-refractivity contribution in [2.24, 2.45) is 0 Å². The molecule has 0 aliphatic heterocycles. The molecule has 0 unspecified atom stereocenters. The quantitative estimate of drug-likeness (QED) is 0.852. The van der Waals surface area contributed by atoms with Crippen molar-refractivity contribution in [3.05, 3.63) is 63.4 Å². The number of anilines is 1. The van der Waals surface area contributed by atoms with Gasteiger partial charge < -0.3 is 10.1 Å². The molecule has 0 saturated heterocycles. The van der Waals surface area contributed by atoms with E-state index in [-0.39, 0.29) is 26.9 Å². The molecule has 0 atom stereocenters. The number of benzene rings is 2. The van der Waals surface area contributed by atoms with Gasteiger partial charge in [-0.3, -0.25) is 4.79 Å². The fraction of sp³-hybridized carbons (Fsp3) is 0.0667. The van der Waals surface area contributed by atoms with Crippen molar-refractivity contribution in [1.29, 1.82) is 0 Å². The summed E-state index contributed by atoms with van der Waals surface area (Å²) < 4.78 is 17.6. The van der Waals surface area contributed by atoms with Crippen LogP contribution in [-0.4, -0.2) is 19.0 Å². The van der Waals surface area contributed by atoms with Gasteiger partial charge in [-0.1, -0.05) is 23.2 Å². The summed E-state index contributed by atoms with van der Waals surface area (Å²) in [6, 6.07) is 7.70. The number of nitrogens with one attached hydrogen (secondary N) is 1. The minimum absolute atomic E-state index is 0.0299. The van der Waals surface area contributed by atoms with Crippen molar-refractivity contribution in [2.75, 3.05) is 12.4 Å². The Balaban J connectivity index is 2.29. The van der Waals surface area contributed by atoms with E-state index < -0.39 is 17.7 Å². The molecule has 0 aromatic heterocycles. The zero-order chi connectivity index (χ0) is 16.3. The summed E-state index contributed by atoms with van der Waals surface area (Å²) >= 11 is 11.8. The Labute approximate surface area is 135 Å². The molecule has 0 fully saturated rings. The smallest absolute Gasteiger partial charge is 0.337 e. The molecule has 2 rings (SSSR count). The highest BCUT2D eigenvalue weighted by molar-refractivity contribution is 6.36. The minimum Gasteiger partial charge on any atom is -0.465 e. The lowest BCUT2D eigenvalue weighted by atomic mass is 10.1. The van der Waals surface area contributed by atoms with E-state index in [0.29, 0.717) is 0 Å². The van der Waals surface area contributed by atoms with E-state index in [2.05, 4.69) is 10.1 Å². The van der Waals surface area contributed by atoms with Gasteiger partial charge in [0.15, 0.2) is 0 Å². The number of methoxy groups -OCH3 is 1. The molecule has 2 aromatic carbocycles. The topological polar surface area (TPSA) is 55.4 Å². The molecular formula is C15H10Cl2FNO3. The first kappa shape index (κ1) is 16.3. The van der Waals surface area contributed by atoms with Crippen molar-refractivity contribution in [1.82, 2.24) is 0 Å². The first-order chi connectivity index (χ1) is 10.4. The number of hydrogen-bond acceptors (Lipinski definition) is 3. The average molecular weight is 342 g/mol. The van der Waals surface area contributed by atoms with E-state index in [0.717, 1.165) is 12.1 Å². The Kier molecular flexibility index (Phi) is 5.00. The normalized spacial score (nSPS) is 10.2. The highest BCUT2D eigenvalue weighted by atomic mass is 35.5. The van der Waals surface area contributed by atoms with Crippen LogP contribution in [0.15, 0.2) is 36.4 Å². The first-order valence-electron chi connectivity index (χ1n) is 6.06. The summed E-state index contributed by atoms with van der Waals surface area (Å²) in [5.74, 6) is -1.69. The molecule has 0 bridgehead atoms. The molecule has 22 heavy (non-hydrogen) atoms. The third kappa shape index (κ3) is 3.55. The molecule has 0 aliphatic rings. The van der Waals surface area contributed by atoms with Gasteiger partial charge in [0, 0.05) is 0 Å². The van der Waals surface area contributed by atoms with Gasteiger partial charge in [0.25, 0.3) is 5.91 Å². The van der Waals surface area contributed by atoms with Crippen molar-refractivity contribution >= 4 is 40.8 Å². The maximum absolute atomic E-state index is 13.0. The maximum atomic E-state index is 13.0. The van der Waals surface area contributed by atoms with Gasteiger partial charge >= 0.3 is 5.97 Å². The predicted octanol–water partition coefficient (Wildman–Crippen LogP) is 4.17. The second-order valence-corrected chi connectivity index (χ2v) is 5.08. The zero-order valence-corrected chi connectivity index (χ0v) is 12.8. The fourth-order valence-electron chi connectivity index (χ4n) is 1.73. The van der Waals surface area contributed by atoms with Gasteiger partial charge in [0.05, 0.1) is 34.0 Å². The summed E-state index contributed by atoms with van der Waals surface area (Å²) in [6.07, 6.45) is 0. The highest BCUT2D eigenvalue weighted by Gasteiger charge is 2.15. The van der Waals surface area contributed by atoms with Gasteiger partial charge in [-0.15, -0.1) is 0 Å². The summed E-state index contributed by atoms with van der Waals surface area (Å²) in [7, 11) is 1.24. The van der Waals surface area contributed by atoms with E-state index in [9.17, 15) is 14.0 Å². The van der Waals surface area contributed by atoms with Crippen molar-refractivity contribution in [3.8, 4) is 0 Å². The zero-order valence-electron chi connectivity index (χ0n) is 11.3.